The number of halogens is 1. The zero-order valence-electron chi connectivity index (χ0n) is 18.2. The molecule has 0 saturated heterocycles. The third-order valence-corrected chi connectivity index (χ3v) is 9.24. The first-order valence-electron chi connectivity index (χ1n) is 10.1. The summed E-state index contributed by atoms with van der Waals surface area (Å²) in [6.45, 7) is 3.27. The number of nitrogens with one attached hydrogen (secondary N) is 2. The number of aromatic nitrogens is 2. The molecule has 0 spiro atoms. The van der Waals surface area contributed by atoms with Gasteiger partial charge in [0.1, 0.15) is 5.82 Å². The molecule has 0 saturated carbocycles. The molecule has 9 nitrogen and oxygen atoms in total. The van der Waals surface area contributed by atoms with Gasteiger partial charge in [-0.1, -0.05) is 59.0 Å². The molecule has 0 bridgehead atoms. The molecule has 2 heterocycles. The fraction of sp³-hybridized carbons (Fsp3) is 0.190. The second-order valence-corrected chi connectivity index (χ2v) is 12.8. The van der Waals surface area contributed by atoms with E-state index in [2.05, 4.69) is 25.8 Å². The average molecular weight is 536 g/mol. The number of hydrogen-bond donors (Lipinski definition) is 4. The van der Waals surface area contributed by atoms with Crippen molar-refractivity contribution in [1.29, 1.82) is 0 Å². The minimum absolute atomic E-state index is 0.174. The second kappa shape index (κ2) is 9.55. The van der Waals surface area contributed by atoms with Crippen molar-refractivity contribution in [3.63, 3.8) is 0 Å². The lowest BCUT2D eigenvalue weighted by Gasteiger charge is -2.33. The highest BCUT2D eigenvalue weighted by molar-refractivity contribution is 8.01. The van der Waals surface area contributed by atoms with Gasteiger partial charge in [0.05, 0.1) is 20.9 Å². The first-order valence-corrected chi connectivity index (χ1v) is 13.6. The molecule has 13 heteroatoms. The number of nitrogen functional groups attached to an aromatic ring is 1. The summed E-state index contributed by atoms with van der Waals surface area (Å²) in [5, 5.41) is 14.1. The van der Waals surface area contributed by atoms with Crippen LogP contribution in [0.3, 0.4) is 0 Å². The molecule has 34 heavy (non-hydrogen) atoms. The van der Waals surface area contributed by atoms with E-state index in [4.69, 9.17) is 23.1 Å². The van der Waals surface area contributed by atoms with Crippen molar-refractivity contribution in [1.82, 2.24) is 15.5 Å². The maximum Gasteiger partial charge on any atom is 0.210 e. The number of nitrogens with two attached hydrogens (primary N) is 2. The fourth-order valence-corrected chi connectivity index (χ4v) is 6.04. The van der Waals surface area contributed by atoms with Crippen LogP contribution >= 0.6 is 34.7 Å². The number of benzene rings is 2. The summed E-state index contributed by atoms with van der Waals surface area (Å²) in [5.41, 5.74) is 13.3. The minimum atomic E-state index is -3.53. The summed E-state index contributed by atoms with van der Waals surface area (Å²) in [7, 11) is -3.53. The van der Waals surface area contributed by atoms with E-state index < -0.39 is 20.9 Å². The lowest BCUT2D eigenvalue weighted by Crippen LogP contribution is -2.51. The number of rotatable bonds is 7. The standard InChI is InChI=1S/C21H22ClN7O2S3/c1-12(2)34(30,31)17-6-4-3-5-16(17)26-18-15(22)11-25-21(24,27-18)13-7-9-14(10-8-13)32-20-29-28-19(23)33-20/h3-12,26-27H,24H2,1-2H3,(H2,23,28). The van der Waals surface area contributed by atoms with Crippen molar-refractivity contribution < 1.29 is 8.42 Å². The predicted molar refractivity (Wildman–Crippen MR) is 138 cm³/mol. The Morgan fingerprint density at radius 2 is 1.85 bits per heavy atom. The molecule has 1 aliphatic heterocycles. The second-order valence-electron chi connectivity index (χ2n) is 7.62. The van der Waals surface area contributed by atoms with E-state index >= 15 is 0 Å². The highest BCUT2D eigenvalue weighted by Gasteiger charge is 2.31. The number of para-hydroxylation sites is 1. The number of anilines is 2. The summed E-state index contributed by atoms with van der Waals surface area (Å²) in [6, 6.07) is 14.1. The number of aliphatic imine (C=N–C) groups is 1. The largest absolute Gasteiger partial charge is 0.374 e. The Balaban J connectivity index is 1.56. The molecule has 1 aromatic heterocycles. The van der Waals surface area contributed by atoms with Gasteiger partial charge in [-0.05, 0) is 38.1 Å². The maximum atomic E-state index is 12.8. The molecule has 0 amide bonds. The van der Waals surface area contributed by atoms with Crippen LogP contribution in [-0.2, 0) is 15.6 Å². The van der Waals surface area contributed by atoms with Crippen LogP contribution in [0.2, 0.25) is 0 Å². The molecule has 1 unspecified atom stereocenters. The van der Waals surface area contributed by atoms with Gasteiger partial charge in [-0.15, -0.1) is 10.2 Å². The molecule has 1 atom stereocenters. The minimum Gasteiger partial charge on any atom is -0.374 e. The number of hydrogen-bond acceptors (Lipinski definition) is 11. The molecule has 0 radical (unpaired) electrons. The molecule has 1 aliphatic rings. The van der Waals surface area contributed by atoms with Crippen molar-refractivity contribution in [3.05, 3.63) is 64.9 Å². The monoisotopic (exact) mass is 535 g/mol. The van der Waals surface area contributed by atoms with Crippen LogP contribution in [0.5, 0.6) is 0 Å². The van der Waals surface area contributed by atoms with E-state index in [1.54, 1.807) is 38.1 Å². The molecular formula is C21H22ClN7O2S3. The van der Waals surface area contributed by atoms with Crippen molar-refractivity contribution in [2.45, 2.75) is 39.0 Å². The Bertz CT molecular complexity index is 1370. The summed E-state index contributed by atoms with van der Waals surface area (Å²) < 4.78 is 26.4. The maximum absolute atomic E-state index is 12.8. The first kappa shape index (κ1) is 24.5. The molecule has 178 valence electrons. The van der Waals surface area contributed by atoms with Crippen LogP contribution in [0, 0.1) is 0 Å². The molecule has 3 aromatic rings. The molecule has 4 rings (SSSR count). The molecule has 0 fully saturated rings. The van der Waals surface area contributed by atoms with Crippen molar-refractivity contribution in [3.8, 4) is 0 Å². The lowest BCUT2D eigenvalue weighted by atomic mass is 10.1. The van der Waals surface area contributed by atoms with Gasteiger partial charge in [-0.2, -0.15) is 0 Å². The number of sulfone groups is 1. The van der Waals surface area contributed by atoms with Crippen LogP contribution in [0.4, 0.5) is 10.8 Å². The van der Waals surface area contributed by atoms with Crippen LogP contribution in [-0.4, -0.2) is 30.1 Å². The van der Waals surface area contributed by atoms with Crippen molar-refractivity contribution in [2.75, 3.05) is 11.1 Å². The van der Waals surface area contributed by atoms with Crippen LogP contribution in [0.15, 0.2) is 78.5 Å². The van der Waals surface area contributed by atoms with Gasteiger partial charge < -0.3 is 16.4 Å². The molecule has 2 aromatic carbocycles. The number of allylic oxidation sites excluding steroid dienone is 1. The van der Waals surface area contributed by atoms with E-state index in [0.29, 0.717) is 22.2 Å². The van der Waals surface area contributed by atoms with E-state index in [1.807, 2.05) is 24.3 Å². The smallest absolute Gasteiger partial charge is 0.210 e. The average Bonchev–Trinajstić information content (AvgIpc) is 3.21. The van der Waals surface area contributed by atoms with Gasteiger partial charge >= 0.3 is 0 Å². The van der Waals surface area contributed by atoms with Gasteiger partial charge in [-0.3, -0.25) is 5.73 Å². The van der Waals surface area contributed by atoms with Crippen molar-refractivity contribution in [2.24, 2.45) is 10.7 Å². The summed E-state index contributed by atoms with van der Waals surface area (Å²) in [6.07, 6.45) is 1.44. The zero-order valence-corrected chi connectivity index (χ0v) is 21.4. The Morgan fingerprint density at radius 3 is 2.50 bits per heavy atom. The van der Waals surface area contributed by atoms with Gasteiger partial charge in [0, 0.05) is 16.7 Å². The quantitative estimate of drug-likeness (QED) is 0.355. The van der Waals surface area contributed by atoms with Gasteiger partial charge in [0.2, 0.25) is 10.9 Å². The van der Waals surface area contributed by atoms with Crippen LogP contribution < -0.4 is 22.1 Å². The SMILES string of the molecule is CC(C)S(=O)(=O)c1ccccc1NC1=C(Cl)C=NC(N)(c2ccc(Sc3nnc(N)s3)cc2)N1. The predicted octanol–water partition coefficient (Wildman–Crippen LogP) is 3.72. The Labute approximate surface area is 210 Å². The highest BCUT2D eigenvalue weighted by Crippen LogP contribution is 2.33. The Kier molecular flexibility index (Phi) is 6.87. The van der Waals surface area contributed by atoms with E-state index in [-0.39, 0.29) is 9.93 Å². The summed E-state index contributed by atoms with van der Waals surface area (Å²) in [5.74, 6) is -0.975. The van der Waals surface area contributed by atoms with Crippen LogP contribution in [0.1, 0.15) is 19.4 Å². The molecular weight excluding hydrogens is 514 g/mol. The van der Waals surface area contributed by atoms with Gasteiger partial charge in [0.25, 0.3) is 0 Å². The first-order chi connectivity index (χ1) is 16.1. The van der Waals surface area contributed by atoms with E-state index in [9.17, 15) is 8.42 Å². The summed E-state index contributed by atoms with van der Waals surface area (Å²) >= 11 is 9.11. The fourth-order valence-electron chi connectivity index (χ4n) is 3.09. The van der Waals surface area contributed by atoms with Gasteiger partial charge in [-0.25, -0.2) is 13.4 Å². The third kappa shape index (κ3) is 5.05. The molecule has 6 N–H and O–H groups in total. The van der Waals surface area contributed by atoms with E-state index in [0.717, 1.165) is 9.24 Å². The topological polar surface area (TPSA) is 148 Å². The Hall–Kier alpha value is -2.64. The van der Waals surface area contributed by atoms with Gasteiger partial charge in [0.15, 0.2) is 14.2 Å². The van der Waals surface area contributed by atoms with E-state index in [1.165, 1.54) is 29.3 Å². The highest BCUT2D eigenvalue weighted by atomic mass is 35.5. The normalized spacial score (nSPS) is 18.3. The molecule has 0 aliphatic carbocycles. The van der Waals surface area contributed by atoms with Crippen LogP contribution in [0.25, 0.3) is 0 Å². The summed E-state index contributed by atoms with van der Waals surface area (Å²) in [4.78, 5) is 5.48. The lowest BCUT2D eigenvalue weighted by molar-refractivity contribution is 0.397. The Morgan fingerprint density at radius 1 is 1.15 bits per heavy atom. The van der Waals surface area contributed by atoms with Crippen molar-refractivity contribution >= 4 is 61.6 Å². The zero-order chi connectivity index (χ0) is 24.5. The third-order valence-electron chi connectivity index (χ3n) is 4.93. The number of nitrogens with zero attached hydrogens (tertiary/aromatic N) is 3.